The molecule has 3 atom stereocenters. The number of hydrogen-bond donors (Lipinski definition) is 1. The monoisotopic (exact) mass is 281 g/mol. The molecule has 0 bridgehead atoms. The Kier molecular flexibility index (Phi) is 7.32. The van der Waals surface area contributed by atoms with Crippen molar-refractivity contribution in [3.05, 3.63) is 35.9 Å². The third-order valence-electron chi connectivity index (χ3n) is 3.69. The molecule has 0 aromatic heterocycles. The first-order chi connectivity index (χ1) is 9.02. The Hall–Kier alpha value is -0.670. The molecule has 19 heavy (non-hydrogen) atoms. The molecule has 0 aliphatic heterocycles. The first-order valence-electron chi connectivity index (χ1n) is 7.10. The van der Waals surface area contributed by atoms with Crippen molar-refractivity contribution in [1.82, 2.24) is 5.32 Å². The van der Waals surface area contributed by atoms with E-state index in [9.17, 15) is 4.21 Å². The van der Waals surface area contributed by atoms with Gasteiger partial charge < -0.3 is 5.32 Å². The van der Waals surface area contributed by atoms with Crippen LogP contribution in [-0.4, -0.2) is 28.8 Å². The quantitative estimate of drug-likeness (QED) is 0.742. The maximum atomic E-state index is 11.3. The molecule has 2 nitrogen and oxygen atoms in total. The van der Waals surface area contributed by atoms with E-state index >= 15 is 0 Å². The average Bonchev–Trinajstić information content (AvgIpc) is 2.38. The molecule has 1 N–H and O–H groups in total. The Balaban J connectivity index is 2.42. The number of benzene rings is 1. The summed E-state index contributed by atoms with van der Waals surface area (Å²) in [6.45, 7) is 8.52. The number of nitrogens with one attached hydrogen (secondary N) is 1. The van der Waals surface area contributed by atoms with Gasteiger partial charge in [0.25, 0.3) is 0 Å². The van der Waals surface area contributed by atoms with Crippen LogP contribution >= 0.6 is 0 Å². The molecule has 1 rings (SSSR count). The SMILES string of the molecule is CC(C)C(CNCCC(C)S(C)=O)c1ccccc1. The molecule has 0 spiro atoms. The van der Waals surface area contributed by atoms with Crippen LogP contribution in [0.4, 0.5) is 0 Å². The van der Waals surface area contributed by atoms with Gasteiger partial charge in [0, 0.05) is 28.9 Å². The Morgan fingerprint density at radius 2 is 1.79 bits per heavy atom. The van der Waals surface area contributed by atoms with Crippen LogP contribution in [0.5, 0.6) is 0 Å². The lowest BCUT2D eigenvalue weighted by atomic mass is 9.88. The van der Waals surface area contributed by atoms with Gasteiger partial charge in [-0.05, 0) is 30.4 Å². The lowest BCUT2D eigenvalue weighted by molar-refractivity contribution is 0.459. The predicted molar refractivity (Wildman–Crippen MR) is 85.0 cm³/mol. The predicted octanol–water partition coefficient (Wildman–Crippen LogP) is 3.17. The maximum absolute atomic E-state index is 11.3. The van der Waals surface area contributed by atoms with Crippen LogP contribution in [-0.2, 0) is 10.8 Å². The van der Waals surface area contributed by atoms with E-state index in [0.29, 0.717) is 11.8 Å². The molecule has 3 unspecified atom stereocenters. The van der Waals surface area contributed by atoms with Crippen LogP contribution in [0.25, 0.3) is 0 Å². The summed E-state index contributed by atoms with van der Waals surface area (Å²) >= 11 is 0. The highest BCUT2D eigenvalue weighted by Gasteiger charge is 2.15. The molecule has 1 aromatic rings. The normalized spacial score (nSPS) is 16.3. The van der Waals surface area contributed by atoms with Crippen molar-refractivity contribution in [2.24, 2.45) is 5.92 Å². The Bertz CT molecular complexity index is 378. The second-order valence-corrected chi connectivity index (χ2v) is 7.37. The van der Waals surface area contributed by atoms with Crippen molar-refractivity contribution in [3.8, 4) is 0 Å². The van der Waals surface area contributed by atoms with E-state index in [0.717, 1.165) is 19.5 Å². The molecule has 0 amide bonds. The van der Waals surface area contributed by atoms with E-state index in [1.807, 2.05) is 0 Å². The first-order valence-corrected chi connectivity index (χ1v) is 8.72. The third-order valence-corrected chi connectivity index (χ3v) is 5.06. The fraction of sp³-hybridized carbons (Fsp3) is 0.625. The van der Waals surface area contributed by atoms with Gasteiger partial charge in [-0.3, -0.25) is 4.21 Å². The summed E-state index contributed by atoms with van der Waals surface area (Å²) in [7, 11) is -0.709. The van der Waals surface area contributed by atoms with E-state index in [-0.39, 0.29) is 5.25 Å². The van der Waals surface area contributed by atoms with Gasteiger partial charge in [0.2, 0.25) is 0 Å². The first kappa shape index (κ1) is 16.4. The summed E-state index contributed by atoms with van der Waals surface area (Å²) in [4.78, 5) is 0. The van der Waals surface area contributed by atoms with Crippen LogP contribution in [0.1, 0.15) is 38.7 Å². The molecule has 0 radical (unpaired) electrons. The molecule has 3 heteroatoms. The minimum absolute atomic E-state index is 0.279. The minimum atomic E-state index is -0.709. The molecule has 0 saturated heterocycles. The van der Waals surface area contributed by atoms with E-state index in [1.165, 1.54) is 5.56 Å². The van der Waals surface area contributed by atoms with Crippen LogP contribution in [0.2, 0.25) is 0 Å². The molecular weight excluding hydrogens is 254 g/mol. The number of rotatable bonds is 8. The van der Waals surface area contributed by atoms with Gasteiger partial charge in [-0.1, -0.05) is 51.1 Å². The molecule has 0 aliphatic rings. The van der Waals surface area contributed by atoms with Gasteiger partial charge >= 0.3 is 0 Å². The van der Waals surface area contributed by atoms with Crippen LogP contribution in [0.3, 0.4) is 0 Å². The molecule has 0 fully saturated rings. The van der Waals surface area contributed by atoms with Crippen molar-refractivity contribution < 1.29 is 4.21 Å². The fourth-order valence-electron chi connectivity index (χ4n) is 2.17. The highest BCUT2D eigenvalue weighted by molar-refractivity contribution is 7.84. The van der Waals surface area contributed by atoms with Gasteiger partial charge in [0.05, 0.1) is 0 Å². The Labute approximate surface area is 120 Å². The summed E-state index contributed by atoms with van der Waals surface area (Å²) in [6, 6.07) is 10.7. The van der Waals surface area contributed by atoms with Gasteiger partial charge in [0.1, 0.15) is 0 Å². The lowest BCUT2D eigenvalue weighted by Crippen LogP contribution is -2.27. The zero-order chi connectivity index (χ0) is 14.3. The summed E-state index contributed by atoms with van der Waals surface area (Å²) in [5.74, 6) is 1.16. The van der Waals surface area contributed by atoms with Gasteiger partial charge in [-0.2, -0.15) is 0 Å². The van der Waals surface area contributed by atoms with Crippen molar-refractivity contribution in [3.63, 3.8) is 0 Å². The molecule has 0 saturated carbocycles. The Morgan fingerprint density at radius 3 is 2.32 bits per heavy atom. The molecule has 0 heterocycles. The summed E-state index contributed by atoms with van der Waals surface area (Å²) < 4.78 is 11.3. The van der Waals surface area contributed by atoms with Crippen LogP contribution < -0.4 is 5.32 Å². The van der Waals surface area contributed by atoms with Crippen molar-refractivity contribution in [2.45, 2.75) is 38.4 Å². The van der Waals surface area contributed by atoms with Crippen molar-refractivity contribution >= 4 is 10.8 Å². The minimum Gasteiger partial charge on any atom is -0.316 e. The smallest absolute Gasteiger partial charge is 0.0329 e. The molecule has 0 aliphatic carbocycles. The largest absolute Gasteiger partial charge is 0.316 e. The zero-order valence-corrected chi connectivity index (χ0v) is 13.4. The fourth-order valence-corrected chi connectivity index (χ4v) is 2.62. The van der Waals surface area contributed by atoms with E-state index in [2.05, 4.69) is 56.4 Å². The second kappa shape index (κ2) is 8.49. The van der Waals surface area contributed by atoms with Crippen molar-refractivity contribution in [2.75, 3.05) is 19.3 Å². The van der Waals surface area contributed by atoms with E-state index < -0.39 is 10.8 Å². The molecule has 1 aromatic carbocycles. The zero-order valence-electron chi connectivity index (χ0n) is 12.6. The summed E-state index contributed by atoms with van der Waals surface area (Å²) in [5, 5.41) is 3.80. The van der Waals surface area contributed by atoms with Gasteiger partial charge in [0.15, 0.2) is 0 Å². The van der Waals surface area contributed by atoms with Crippen molar-refractivity contribution in [1.29, 1.82) is 0 Å². The standard InChI is InChI=1S/C16H27NOS/c1-13(2)16(15-8-6-5-7-9-15)12-17-11-10-14(3)19(4)18/h5-9,13-14,16-17H,10-12H2,1-4H3. The van der Waals surface area contributed by atoms with Gasteiger partial charge in [-0.25, -0.2) is 0 Å². The topological polar surface area (TPSA) is 29.1 Å². The highest BCUT2D eigenvalue weighted by atomic mass is 32.2. The van der Waals surface area contributed by atoms with Crippen LogP contribution in [0.15, 0.2) is 30.3 Å². The van der Waals surface area contributed by atoms with Crippen LogP contribution in [0, 0.1) is 5.92 Å². The highest BCUT2D eigenvalue weighted by Crippen LogP contribution is 2.23. The Morgan fingerprint density at radius 1 is 1.16 bits per heavy atom. The average molecular weight is 281 g/mol. The second-order valence-electron chi connectivity index (χ2n) is 5.56. The summed E-state index contributed by atoms with van der Waals surface area (Å²) in [5.41, 5.74) is 1.40. The third kappa shape index (κ3) is 5.87. The number of hydrogen-bond acceptors (Lipinski definition) is 2. The van der Waals surface area contributed by atoms with Gasteiger partial charge in [-0.15, -0.1) is 0 Å². The molecular formula is C16H27NOS. The molecule has 108 valence electrons. The summed E-state index contributed by atoms with van der Waals surface area (Å²) in [6.07, 6.45) is 2.76. The van der Waals surface area contributed by atoms with E-state index in [1.54, 1.807) is 6.26 Å². The maximum Gasteiger partial charge on any atom is 0.0329 e. The van der Waals surface area contributed by atoms with E-state index in [4.69, 9.17) is 0 Å². The lowest BCUT2D eigenvalue weighted by Gasteiger charge is -2.22.